The second-order valence-corrected chi connectivity index (χ2v) is 9.45. The Labute approximate surface area is 204 Å². The number of amides is 1. The van der Waals surface area contributed by atoms with Gasteiger partial charge in [-0.3, -0.25) is 4.79 Å². The number of nitrogens with zero attached hydrogens (tertiary/aromatic N) is 3. The molecule has 0 aliphatic carbocycles. The topological polar surface area (TPSA) is 78.3 Å². The Morgan fingerprint density at radius 1 is 1.03 bits per heavy atom. The number of carbonyl (C=O) groups excluding carboxylic acids is 1. The number of hydrogen-bond donors (Lipinski definition) is 2. The smallest absolute Gasteiger partial charge is 0.264 e. The quantitative estimate of drug-likeness (QED) is 0.326. The van der Waals surface area contributed by atoms with Crippen molar-refractivity contribution in [1.82, 2.24) is 14.9 Å². The van der Waals surface area contributed by atoms with Crippen molar-refractivity contribution in [1.29, 1.82) is 0 Å². The second kappa shape index (κ2) is 10.6. The summed E-state index contributed by atoms with van der Waals surface area (Å²) < 4.78 is 0. The summed E-state index contributed by atoms with van der Waals surface area (Å²) in [5.41, 5.74) is 3.46. The summed E-state index contributed by atoms with van der Waals surface area (Å²) >= 11 is 1.43. The Balaban J connectivity index is 1.52. The molecule has 2 N–H and O–H groups in total. The number of aromatic nitrogens is 2. The standard InChI is InChI=1S/C27H28N4O2S/c1-18(2)31(17-20-8-5-4-6-9-20)26(33)25-13-12-24(34-25)23-14-15-28-27(30-23)29-22-11-7-10-21(16-22)19(3)32/h4-16,18-19,32H,17H2,1-3H3,(H,28,29,30). The molecule has 34 heavy (non-hydrogen) atoms. The number of aliphatic hydroxyl groups excluding tert-OH is 1. The van der Waals surface area contributed by atoms with Gasteiger partial charge < -0.3 is 15.3 Å². The lowest BCUT2D eigenvalue weighted by Crippen LogP contribution is -2.35. The lowest BCUT2D eigenvalue weighted by molar-refractivity contribution is 0.0695. The van der Waals surface area contributed by atoms with E-state index in [9.17, 15) is 9.90 Å². The third kappa shape index (κ3) is 5.68. The zero-order valence-electron chi connectivity index (χ0n) is 19.5. The molecule has 7 heteroatoms. The van der Waals surface area contributed by atoms with Gasteiger partial charge in [-0.15, -0.1) is 11.3 Å². The van der Waals surface area contributed by atoms with E-state index in [2.05, 4.69) is 15.3 Å². The molecule has 0 saturated carbocycles. The third-order valence-corrected chi connectivity index (χ3v) is 6.53. The molecule has 0 radical (unpaired) electrons. The van der Waals surface area contributed by atoms with E-state index in [1.807, 2.05) is 91.5 Å². The molecule has 4 rings (SSSR count). The molecule has 2 aromatic heterocycles. The van der Waals surface area contributed by atoms with Crippen LogP contribution in [-0.4, -0.2) is 31.9 Å². The molecular formula is C27H28N4O2S. The van der Waals surface area contributed by atoms with Crippen molar-refractivity contribution in [2.75, 3.05) is 5.32 Å². The fourth-order valence-corrected chi connectivity index (χ4v) is 4.49. The summed E-state index contributed by atoms with van der Waals surface area (Å²) in [6.45, 7) is 6.36. The van der Waals surface area contributed by atoms with Crippen molar-refractivity contribution < 1.29 is 9.90 Å². The van der Waals surface area contributed by atoms with E-state index in [1.54, 1.807) is 13.1 Å². The number of rotatable bonds is 8. The van der Waals surface area contributed by atoms with E-state index < -0.39 is 6.10 Å². The normalized spacial score (nSPS) is 11.9. The Kier molecular flexibility index (Phi) is 7.35. The van der Waals surface area contributed by atoms with Gasteiger partial charge in [0.1, 0.15) is 0 Å². The number of thiophene rings is 1. The lowest BCUT2D eigenvalue weighted by atomic mass is 10.1. The zero-order valence-corrected chi connectivity index (χ0v) is 20.3. The van der Waals surface area contributed by atoms with Gasteiger partial charge in [0.15, 0.2) is 0 Å². The van der Waals surface area contributed by atoms with Gasteiger partial charge in [-0.25, -0.2) is 9.97 Å². The molecule has 0 aliphatic heterocycles. The average molecular weight is 473 g/mol. The van der Waals surface area contributed by atoms with Crippen molar-refractivity contribution in [3.63, 3.8) is 0 Å². The molecule has 0 bridgehead atoms. The minimum Gasteiger partial charge on any atom is -0.389 e. The van der Waals surface area contributed by atoms with E-state index >= 15 is 0 Å². The summed E-state index contributed by atoms with van der Waals surface area (Å²) in [7, 11) is 0. The maximum atomic E-state index is 13.3. The Morgan fingerprint density at radius 3 is 2.56 bits per heavy atom. The lowest BCUT2D eigenvalue weighted by Gasteiger charge is -2.26. The van der Waals surface area contributed by atoms with E-state index in [-0.39, 0.29) is 11.9 Å². The van der Waals surface area contributed by atoms with E-state index in [1.165, 1.54) is 11.3 Å². The van der Waals surface area contributed by atoms with E-state index in [4.69, 9.17) is 0 Å². The summed E-state index contributed by atoms with van der Waals surface area (Å²) in [6, 6.07) is 23.3. The first-order chi connectivity index (χ1) is 16.4. The number of benzene rings is 2. The fourth-order valence-electron chi connectivity index (χ4n) is 3.56. The minimum atomic E-state index is -0.552. The fraction of sp³-hybridized carbons (Fsp3) is 0.222. The van der Waals surface area contributed by atoms with Crippen LogP contribution in [0.5, 0.6) is 0 Å². The van der Waals surface area contributed by atoms with Crippen molar-refractivity contribution in [2.24, 2.45) is 0 Å². The van der Waals surface area contributed by atoms with Crippen molar-refractivity contribution in [2.45, 2.75) is 39.5 Å². The third-order valence-electron chi connectivity index (χ3n) is 5.43. The number of nitrogens with one attached hydrogen (secondary N) is 1. The summed E-state index contributed by atoms with van der Waals surface area (Å²) in [6.07, 6.45) is 1.14. The highest BCUT2D eigenvalue weighted by molar-refractivity contribution is 7.17. The number of anilines is 2. The molecule has 1 atom stereocenters. The van der Waals surface area contributed by atoms with Gasteiger partial charge in [0.2, 0.25) is 5.95 Å². The molecule has 0 aliphatic rings. The van der Waals surface area contributed by atoms with E-state index in [0.29, 0.717) is 17.4 Å². The highest BCUT2D eigenvalue weighted by Crippen LogP contribution is 2.29. The van der Waals surface area contributed by atoms with Gasteiger partial charge in [-0.2, -0.15) is 0 Å². The largest absolute Gasteiger partial charge is 0.389 e. The van der Waals surface area contributed by atoms with Crippen molar-refractivity contribution in [3.8, 4) is 10.6 Å². The van der Waals surface area contributed by atoms with Gasteiger partial charge in [-0.1, -0.05) is 42.5 Å². The maximum absolute atomic E-state index is 13.3. The van der Waals surface area contributed by atoms with Gasteiger partial charge in [0, 0.05) is 24.5 Å². The van der Waals surface area contributed by atoms with Crippen LogP contribution in [0.2, 0.25) is 0 Å². The Hall–Kier alpha value is -3.55. The van der Waals surface area contributed by atoms with Crippen LogP contribution >= 0.6 is 11.3 Å². The average Bonchev–Trinajstić information content (AvgIpc) is 3.33. The van der Waals surface area contributed by atoms with Gasteiger partial charge in [0.05, 0.1) is 21.6 Å². The molecule has 2 heterocycles. The monoisotopic (exact) mass is 472 g/mol. The molecule has 4 aromatic rings. The number of carbonyl (C=O) groups is 1. The predicted octanol–water partition coefficient (Wildman–Crippen LogP) is 6.05. The molecule has 0 saturated heterocycles. The number of hydrogen-bond acceptors (Lipinski definition) is 6. The molecule has 1 amide bonds. The van der Waals surface area contributed by atoms with Crippen LogP contribution in [0.4, 0.5) is 11.6 Å². The highest BCUT2D eigenvalue weighted by atomic mass is 32.1. The molecule has 174 valence electrons. The zero-order chi connectivity index (χ0) is 24.1. The maximum Gasteiger partial charge on any atom is 0.264 e. The molecule has 0 spiro atoms. The SMILES string of the molecule is CC(O)c1cccc(Nc2nccc(-c3ccc(C(=O)N(Cc4ccccc4)C(C)C)s3)n2)c1. The molecule has 0 fully saturated rings. The molecule has 2 aromatic carbocycles. The first-order valence-electron chi connectivity index (χ1n) is 11.2. The second-order valence-electron chi connectivity index (χ2n) is 8.37. The van der Waals surface area contributed by atoms with Crippen LogP contribution in [0.25, 0.3) is 10.6 Å². The van der Waals surface area contributed by atoms with Crippen molar-refractivity contribution in [3.05, 3.63) is 95.0 Å². The van der Waals surface area contributed by atoms with Gasteiger partial charge in [0.25, 0.3) is 5.91 Å². The highest BCUT2D eigenvalue weighted by Gasteiger charge is 2.21. The minimum absolute atomic E-state index is 0.0115. The van der Waals surface area contributed by atoms with Crippen LogP contribution in [-0.2, 0) is 6.54 Å². The summed E-state index contributed by atoms with van der Waals surface area (Å²) in [5.74, 6) is 0.465. The molecule has 6 nitrogen and oxygen atoms in total. The van der Waals surface area contributed by atoms with Crippen LogP contribution in [0, 0.1) is 0 Å². The Morgan fingerprint density at radius 2 is 1.82 bits per heavy atom. The van der Waals surface area contributed by atoms with Crippen LogP contribution in [0.1, 0.15) is 47.7 Å². The summed E-state index contributed by atoms with van der Waals surface area (Å²) in [4.78, 5) is 25.7. The van der Waals surface area contributed by atoms with Crippen LogP contribution < -0.4 is 5.32 Å². The van der Waals surface area contributed by atoms with Gasteiger partial charge in [-0.05, 0) is 62.2 Å². The number of aliphatic hydroxyl groups is 1. The van der Waals surface area contributed by atoms with Crippen molar-refractivity contribution >= 4 is 28.9 Å². The van der Waals surface area contributed by atoms with E-state index in [0.717, 1.165) is 27.4 Å². The molecule has 1 unspecified atom stereocenters. The van der Waals surface area contributed by atoms with Crippen LogP contribution in [0.3, 0.4) is 0 Å². The predicted molar refractivity (Wildman–Crippen MR) is 137 cm³/mol. The Bertz CT molecular complexity index is 1250. The molecular weight excluding hydrogens is 444 g/mol. The first-order valence-corrected chi connectivity index (χ1v) is 12.1. The first kappa shape index (κ1) is 23.6. The summed E-state index contributed by atoms with van der Waals surface area (Å²) in [5, 5.41) is 13.0. The van der Waals surface area contributed by atoms with Crippen LogP contribution in [0.15, 0.2) is 79.0 Å². The van der Waals surface area contributed by atoms with Gasteiger partial charge >= 0.3 is 0 Å².